The highest BCUT2D eigenvalue weighted by molar-refractivity contribution is 5.78. The van der Waals surface area contributed by atoms with Crippen molar-refractivity contribution >= 4 is 17.4 Å². The van der Waals surface area contributed by atoms with E-state index in [-0.39, 0.29) is 5.82 Å². The summed E-state index contributed by atoms with van der Waals surface area (Å²) in [4.78, 5) is 12.4. The summed E-state index contributed by atoms with van der Waals surface area (Å²) in [6, 6.07) is 6.47. The molecule has 3 rings (SSSR count). The van der Waals surface area contributed by atoms with E-state index < -0.39 is 0 Å². The molecule has 0 N–H and O–H groups in total. The number of carbonyl (C=O) groups is 1. The highest BCUT2D eigenvalue weighted by atomic mass is 19.1. The van der Waals surface area contributed by atoms with Crippen LogP contribution in [0.15, 0.2) is 28.7 Å². The fraction of sp³-hybridized carbons (Fsp3) is 0.357. The lowest BCUT2D eigenvalue weighted by atomic mass is 9.94. The number of benzene rings is 1. The highest BCUT2D eigenvalue weighted by Crippen LogP contribution is 2.32. The first kappa shape index (κ1) is 11.3. The molecule has 94 valence electrons. The SMILES string of the molecule is O=CN1CCC(c2cc3cc(F)ccc3o2)CC1. The van der Waals surface area contributed by atoms with Crippen molar-refractivity contribution in [2.45, 2.75) is 18.8 Å². The van der Waals surface area contributed by atoms with Gasteiger partial charge in [-0.3, -0.25) is 4.79 Å². The second-order valence-electron chi connectivity index (χ2n) is 4.75. The third-order valence-electron chi connectivity index (χ3n) is 3.58. The van der Waals surface area contributed by atoms with Crippen LogP contribution >= 0.6 is 0 Å². The zero-order valence-corrected chi connectivity index (χ0v) is 9.93. The minimum Gasteiger partial charge on any atom is -0.461 e. The standard InChI is InChI=1S/C14H14FNO2/c15-12-1-2-13-11(7-12)8-14(18-13)10-3-5-16(9-17)6-4-10/h1-2,7-10H,3-6H2. The van der Waals surface area contributed by atoms with Gasteiger partial charge in [0.05, 0.1) is 0 Å². The van der Waals surface area contributed by atoms with Crippen LogP contribution in [-0.4, -0.2) is 24.4 Å². The quantitative estimate of drug-likeness (QED) is 0.764. The first-order valence-electron chi connectivity index (χ1n) is 6.14. The van der Waals surface area contributed by atoms with Crippen molar-refractivity contribution in [3.8, 4) is 0 Å². The molecular weight excluding hydrogens is 233 g/mol. The van der Waals surface area contributed by atoms with E-state index in [0.29, 0.717) is 5.92 Å². The van der Waals surface area contributed by atoms with Crippen LogP contribution in [0.4, 0.5) is 4.39 Å². The summed E-state index contributed by atoms with van der Waals surface area (Å²) < 4.78 is 18.9. The fourth-order valence-electron chi connectivity index (χ4n) is 2.53. The molecule has 1 aliphatic rings. The monoisotopic (exact) mass is 247 g/mol. The number of halogens is 1. The van der Waals surface area contributed by atoms with E-state index in [9.17, 15) is 9.18 Å². The zero-order valence-electron chi connectivity index (χ0n) is 9.93. The highest BCUT2D eigenvalue weighted by Gasteiger charge is 2.22. The molecule has 1 saturated heterocycles. The van der Waals surface area contributed by atoms with Crippen molar-refractivity contribution in [2.75, 3.05) is 13.1 Å². The van der Waals surface area contributed by atoms with Gasteiger partial charge in [-0.25, -0.2) is 4.39 Å². The van der Waals surface area contributed by atoms with Gasteiger partial charge in [0.15, 0.2) is 0 Å². The molecule has 0 unspecified atom stereocenters. The average molecular weight is 247 g/mol. The number of fused-ring (bicyclic) bond motifs is 1. The van der Waals surface area contributed by atoms with E-state index in [1.54, 1.807) is 11.0 Å². The number of amides is 1. The average Bonchev–Trinajstić information content (AvgIpc) is 2.81. The predicted molar refractivity (Wildman–Crippen MR) is 65.8 cm³/mol. The van der Waals surface area contributed by atoms with Crippen LogP contribution in [0.1, 0.15) is 24.5 Å². The smallest absolute Gasteiger partial charge is 0.209 e. The summed E-state index contributed by atoms with van der Waals surface area (Å²) in [6.45, 7) is 1.53. The summed E-state index contributed by atoms with van der Waals surface area (Å²) in [6.07, 6.45) is 2.70. The van der Waals surface area contributed by atoms with Gasteiger partial charge in [0.1, 0.15) is 17.2 Å². The van der Waals surface area contributed by atoms with Gasteiger partial charge < -0.3 is 9.32 Å². The predicted octanol–water partition coefficient (Wildman–Crippen LogP) is 2.91. The molecule has 1 amide bonds. The van der Waals surface area contributed by atoms with E-state index in [1.807, 2.05) is 6.07 Å². The molecule has 3 nitrogen and oxygen atoms in total. The Hall–Kier alpha value is -1.84. The molecule has 18 heavy (non-hydrogen) atoms. The van der Waals surface area contributed by atoms with Gasteiger partial charge in [-0.05, 0) is 37.1 Å². The number of hydrogen-bond acceptors (Lipinski definition) is 2. The Morgan fingerprint density at radius 3 is 2.78 bits per heavy atom. The molecule has 0 aliphatic carbocycles. The van der Waals surface area contributed by atoms with Gasteiger partial charge in [0, 0.05) is 24.4 Å². The molecule has 0 atom stereocenters. The van der Waals surface area contributed by atoms with Crippen molar-refractivity contribution in [3.63, 3.8) is 0 Å². The molecule has 2 heterocycles. The van der Waals surface area contributed by atoms with Gasteiger partial charge in [0.2, 0.25) is 6.41 Å². The summed E-state index contributed by atoms with van der Waals surface area (Å²) >= 11 is 0. The molecule has 1 aliphatic heterocycles. The van der Waals surface area contributed by atoms with Gasteiger partial charge in [0.25, 0.3) is 0 Å². The molecule has 4 heteroatoms. The Kier molecular flexibility index (Phi) is 2.78. The topological polar surface area (TPSA) is 33.5 Å². The number of nitrogens with zero attached hydrogens (tertiary/aromatic N) is 1. The maximum absolute atomic E-state index is 13.1. The normalized spacial score (nSPS) is 17.3. The van der Waals surface area contributed by atoms with Crippen LogP contribution in [-0.2, 0) is 4.79 Å². The summed E-state index contributed by atoms with van der Waals surface area (Å²) in [7, 11) is 0. The Labute approximate surface area is 104 Å². The molecule has 0 bridgehead atoms. The largest absolute Gasteiger partial charge is 0.461 e. The van der Waals surface area contributed by atoms with Gasteiger partial charge in [-0.15, -0.1) is 0 Å². The number of rotatable bonds is 2. The van der Waals surface area contributed by atoms with E-state index >= 15 is 0 Å². The van der Waals surface area contributed by atoms with E-state index in [0.717, 1.165) is 49.1 Å². The lowest BCUT2D eigenvalue weighted by Crippen LogP contribution is -2.31. The van der Waals surface area contributed by atoms with E-state index in [4.69, 9.17) is 4.42 Å². The number of likely N-dealkylation sites (tertiary alicyclic amines) is 1. The first-order valence-corrected chi connectivity index (χ1v) is 6.14. The zero-order chi connectivity index (χ0) is 12.5. The maximum Gasteiger partial charge on any atom is 0.209 e. The van der Waals surface area contributed by atoms with Crippen molar-refractivity contribution < 1.29 is 13.6 Å². The van der Waals surface area contributed by atoms with Crippen LogP contribution in [0, 0.1) is 5.82 Å². The van der Waals surface area contributed by atoms with Gasteiger partial charge in [-0.2, -0.15) is 0 Å². The molecule has 1 aromatic carbocycles. The molecule has 1 fully saturated rings. The minimum atomic E-state index is -0.245. The lowest BCUT2D eigenvalue weighted by Gasteiger charge is -2.27. The molecular formula is C14H14FNO2. The van der Waals surface area contributed by atoms with Crippen LogP contribution in [0.3, 0.4) is 0 Å². The van der Waals surface area contributed by atoms with Gasteiger partial charge >= 0.3 is 0 Å². The Bertz CT molecular complexity index is 570. The number of hydrogen-bond donors (Lipinski definition) is 0. The first-order chi connectivity index (χ1) is 8.76. The molecule has 0 saturated carbocycles. The van der Waals surface area contributed by atoms with Crippen LogP contribution < -0.4 is 0 Å². The van der Waals surface area contributed by atoms with E-state index in [2.05, 4.69) is 0 Å². The van der Waals surface area contributed by atoms with Crippen LogP contribution in [0.5, 0.6) is 0 Å². The summed E-state index contributed by atoms with van der Waals surface area (Å²) in [5, 5.41) is 0.808. The van der Waals surface area contributed by atoms with Crippen molar-refractivity contribution in [1.29, 1.82) is 0 Å². The Morgan fingerprint density at radius 2 is 2.06 bits per heavy atom. The third kappa shape index (κ3) is 1.98. The van der Waals surface area contributed by atoms with Crippen LogP contribution in [0.2, 0.25) is 0 Å². The van der Waals surface area contributed by atoms with Gasteiger partial charge in [-0.1, -0.05) is 0 Å². The van der Waals surface area contributed by atoms with Crippen molar-refractivity contribution in [1.82, 2.24) is 4.90 Å². The molecule has 0 radical (unpaired) electrons. The second kappa shape index (κ2) is 4.44. The minimum absolute atomic E-state index is 0.245. The molecule has 2 aromatic rings. The Balaban J connectivity index is 1.84. The van der Waals surface area contributed by atoms with Crippen molar-refractivity contribution in [2.24, 2.45) is 0 Å². The number of furan rings is 1. The van der Waals surface area contributed by atoms with E-state index in [1.165, 1.54) is 12.1 Å². The number of carbonyl (C=O) groups excluding carboxylic acids is 1. The summed E-state index contributed by atoms with van der Waals surface area (Å²) in [5.41, 5.74) is 0.726. The van der Waals surface area contributed by atoms with Crippen molar-refractivity contribution in [3.05, 3.63) is 35.8 Å². The fourth-order valence-corrected chi connectivity index (χ4v) is 2.53. The second-order valence-corrected chi connectivity index (χ2v) is 4.75. The van der Waals surface area contributed by atoms with Crippen LogP contribution in [0.25, 0.3) is 11.0 Å². The Morgan fingerprint density at radius 1 is 1.28 bits per heavy atom. The lowest BCUT2D eigenvalue weighted by molar-refractivity contribution is -0.119. The third-order valence-corrected chi connectivity index (χ3v) is 3.58. The summed E-state index contributed by atoms with van der Waals surface area (Å²) in [5.74, 6) is 0.989. The maximum atomic E-state index is 13.1. The molecule has 0 spiro atoms. The number of piperidine rings is 1. The molecule has 1 aromatic heterocycles.